The van der Waals surface area contributed by atoms with Crippen molar-refractivity contribution in [3.8, 4) is 0 Å². The maximum absolute atomic E-state index is 3.70. The zero-order chi connectivity index (χ0) is 15.2. The molecule has 0 bridgehead atoms. The number of unbranched alkanes of at least 4 members (excludes halogenated alkanes) is 1. The summed E-state index contributed by atoms with van der Waals surface area (Å²) in [6, 6.07) is 2.19. The average Bonchev–Trinajstić information content (AvgIpc) is 2.36. The van der Waals surface area contributed by atoms with E-state index in [-0.39, 0.29) is 0 Å². The molecule has 120 valence electrons. The van der Waals surface area contributed by atoms with Crippen LogP contribution in [0, 0.1) is 5.41 Å². The van der Waals surface area contributed by atoms with Crippen LogP contribution >= 0.6 is 0 Å². The number of hydrogen-bond acceptors (Lipinski definition) is 2. The van der Waals surface area contributed by atoms with Crippen LogP contribution in [0.2, 0.25) is 0 Å². The lowest BCUT2D eigenvalue weighted by atomic mass is 9.84. The van der Waals surface area contributed by atoms with E-state index >= 15 is 0 Å². The summed E-state index contributed by atoms with van der Waals surface area (Å²) in [5.41, 5.74) is 0.470. The first-order chi connectivity index (χ1) is 9.34. The largest absolute Gasteiger partial charge is 0.312 e. The van der Waals surface area contributed by atoms with Gasteiger partial charge in [0.25, 0.3) is 0 Å². The number of nitrogens with one attached hydrogen (secondary N) is 1. The molecule has 2 nitrogen and oxygen atoms in total. The van der Waals surface area contributed by atoms with Gasteiger partial charge in [-0.3, -0.25) is 0 Å². The van der Waals surface area contributed by atoms with Crippen molar-refractivity contribution in [2.24, 2.45) is 5.41 Å². The lowest BCUT2D eigenvalue weighted by Gasteiger charge is -2.39. The van der Waals surface area contributed by atoms with Gasteiger partial charge in [-0.05, 0) is 44.6 Å². The van der Waals surface area contributed by atoms with Gasteiger partial charge in [-0.15, -0.1) is 0 Å². The monoisotopic (exact) mass is 282 g/mol. The van der Waals surface area contributed by atoms with Crippen LogP contribution in [-0.2, 0) is 0 Å². The van der Waals surface area contributed by atoms with Crippen molar-refractivity contribution >= 4 is 0 Å². The summed E-state index contributed by atoms with van der Waals surface area (Å²) in [4.78, 5) is 2.64. The van der Waals surface area contributed by atoms with E-state index < -0.39 is 0 Å². The second-order valence-electron chi connectivity index (χ2n) is 8.01. The molecule has 0 aromatic heterocycles. The van der Waals surface area contributed by atoms with Crippen LogP contribution in [0.25, 0.3) is 0 Å². The summed E-state index contributed by atoms with van der Waals surface area (Å²) in [6.07, 6.45) is 9.48. The highest BCUT2D eigenvalue weighted by Crippen LogP contribution is 2.28. The van der Waals surface area contributed by atoms with Crippen molar-refractivity contribution in [2.45, 2.75) is 97.7 Å². The van der Waals surface area contributed by atoms with Crippen LogP contribution < -0.4 is 5.32 Å². The van der Waals surface area contributed by atoms with Crippen LogP contribution in [0.5, 0.6) is 0 Å². The Labute approximate surface area is 127 Å². The van der Waals surface area contributed by atoms with Crippen molar-refractivity contribution in [3.05, 3.63) is 0 Å². The fraction of sp³-hybridized carbons (Fsp3) is 1.00. The molecule has 0 aliphatic heterocycles. The van der Waals surface area contributed by atoms with Crippen molar-refractivity contribution < 1.29 is 0 Å². The third-order valence-electron chi connectivity index (χ3n) is 4.77. The molecule has 0 saturated heterocycles. The molecule has 0 atom stereocenters. The summed E-state index contributed by atoms with van der Waals surface area (Å²) >= 11 is 0. The summed E-state index contributed by atoms with van der Waals surface area (Å²) in [5.74, 6) is 0. The van der Waals surface area contributed by atoms with Crippen molar-refractivity contribution in [1.82, 2.24) is 10.2 Å². The van der Waals surface area contributed by atoms with Crippen molar-refractivity contribution in [2.75, 3.05) is 13.6 Å². The van der Waals surface area contributed by atoms with Crippen molar-refractivity contribution in [1.29, 1.82) is 0 Å². The number of nitrogens with zero attached hydrogens (tertiary/aromatic N) is 1. The smallest absolute Gasteiger partial charge is 0.00935 e. The van der Waals surface area contributed by atoms with Gasteiger partial charge >= 0.3 is 0 Å². The Kier molecular flexibility index (Phi) is 7.53. The molecule has 1 aliphatic carbocycles. The van der Waals surface area contributed by atoms with E-state index in [1.807, 2.05) is 0 Å². The van der Waals surface area contributed by atoms with Gasteiger partial charge in [-0.25, -0.2) is 0 Å². The normalized spacial score (nSPS) is 24.6. The molecule has 1 aliphatic rings. The molecule has 0 unspecified atom stereocenters. The second-order valence-corrected chi connectivity index (χ2v) is 8.01. The Morgan fingerprint density at radius 3 is 2.25 bits per heavy atom. The molecule has 1 saturated carbocycles. The van der Waals surface area contributed by atoms with Crippen molar-refractivity contribution in [3.63, 3.8) is 0 Å². The maximum atomic E-state index is 3.70. The number of rotatable bonds is 8. The molecule has 1 N–H and O–H groups in total. The first-order valence-electron chi connectivity index (χ1n) is 8.80. The van der Waals surface area contributed by atoms with E-state index in [4.69, 9.17) is 0 Å². The first kappa shape index (κ1) is 18.0. The van der Waals surface area contributed by atoms with Gasteiger partial charge < -0.3 is 10.2 Å². The molecule has 0 radical (unpaired) electrons. The Balaban J connectivity index is 2.33. The van der Waals surface area contributed by atoms with Gasteiger partial charge in [-0.2, -0.15) is 0 Å². The lowest BCUT2D eigenvalue weighted by molar-refractivity contribution is 0.116. The molecule has 1 fully saturated rings. The molecule has 0 aromatic rings. The predicted octanol–water partition coefficient (Wildman–Crippen LogP) is 4.44. The second kappa shape index (κ2) is 8.38. The van der Waals surface area contributed by atoms with E-state index in [1.54, 1.807) is 0 Å². The zero-order valence-electron chi connectivity index (χ0n) is 14.8. The molecule has 20 heavy (non-hydrogen) atoms. The highest BCUT2D eigenvalue weighted by Gasteiger charge is 2.27. The summed E-state index contributed by atoms with van der Waals surface area (Å²) in [7, 11) is 2.34. The Morgan fingerprint density at radius 2 is 1.75 bits per heavy atom. The Hall–Kier alpha value is -0.0800. The fourth-order valence-electron chi connectivity index (χ4n) is 3.69. The first-order valence-corrected chi connectivity index (χ1v) is 8.80. The van der Waals surface area contributed by atoms with E-state index in [1.165, 1.54) is 51.5 Å². The van der Waals surface area contributed by atoms with E-state index in [9.17, 15) is 0 Å². The van der Waals surface area contributed by atoms with Gasteiger partial charge in [0.05, 0.1) is 0 Å². The molecule has 1 rings (SSSR count). The number of hydrogen-bond donors (Lipinski definition) is 1. The minimum absolute atomic E-state index is 0.470. The van der Waals surface area contributed by atoms with E-state index in [0.717, 1.165) is 12.1 Å². The van der Waals surface area contributed by atoms with Gasteiger partial charge in [-0.1, -0.05) is 47.5 Å². The fourth-order valence-corrected chi connectivity index (χ4v) is 3.69. The lowest BCUT2D eigenvalue weighted by Crippen LogP contribution is -2.45. The third-order valence-corrected chi connectivity index (χ3v) is 4.77. The summed E-state index contributed by atoms with van der Waals surface area (Å²) in [5, 5.41) is 3.70. The highest BCUT2D eigenvalue weighted by molar-refractivity contribution is 4.84. The highest BCUT2D eigenvalue weighted by atomic mass is 15.1. The molecule has 0 amide bonds. The van der Waals surface area contributed by atoms with Gasteiger partial charge in [0, 0.05) is 24.7 Å². The van der Waals surface area contributed by atoms with Crippen LogP contribution in [0.15, 0.2) is 0 Å². The quantitative estimate of drug-likeness (QED) is 0.708. The minimum atomic E-state index is 0.470. The van der Waals surface area contributed by atoms with Gasteiger partial charge in [0.2, 0.25) is 0 Å². The van der Waals surface area contributed by atoms with Crippen LogP contribution in [0.4, 0.5) is 0 Å². The van der Waals surface area contributed by atoms with E-state index in [2.05, 4.69) is 51.9 Å². The Bertz CT molecular complexity index is 252. The molecular formula is C18H38N2. The molecule has 0 spiro atoms. The van der Waals surface area contributed by atoms with Gasteiger partial charge in [0.1, 0.15) is 0 Å². The molecule has 0 heterocycles. The average molecular weight is 283 g/mol. The molecule has 0 aromatic carbocycles. The Morgan fingerprint density at radius 1 is 1.15 bits per heavy atom. The minimum Gasteiger partial charge on any atom is -0.312 e. The van der Waals surface area contributed by atoms with Crippen LogP contribution in [0.1, 0.15) is 79.6 Å². The topological polar surface area (TPSA) is 15.3 Å². The molecular weight excluding hydrogens is 244 g/mol. The standard InChI is InChI=1S/C18H38N2/c1-7-8-13-18(4,5)14-20(6)17-11-9-16(10-12-17)19-15(2)3/h15-17,19H,7-14H2,1-6H3. The van der Waals surface area contributed by atoms with Crippen LogP contribution in [0.3, 0.4) is 0 Å². The summed E-state index contributed by atoms with van der Waals surface area (Å²) < 4.78 is 0. The third kappa shape index (κ3) is 6.58. The summed E-state index contributed by atoms with van der Waals surface area (Å²) in [6.45, 7) is 12.9. The van der Waals surface area contributed by atoms with Gasteiger partial charge in [0.15, 0.2) is 0 Å². The predicted molar refractivity (Wildman–Crippen MR) is 90.3 cm³/mol. The zero-order valence-corrected chi connectivity index (χ0v) is 14.8. The maximum Gasteiger partial charge on any atom is 0.00935 e. The van der Waals surface area contributed by atoms with Crippen LogP contribution in [-0.4, -0.2) is 36.6 Å². The van der Waals surface area contributed by atoms with E-state index in [0.29, 0.717) is 11.5 Å². The SMILES string of the molecule is CCCCC(C)(C)CN(C)C1CCC(NC(C)C)CC1. The molecule has 2 heteroatoms.